The standard InChI is InChI=1S/C10H11FO4/c1-15-9-5-6(11)4-8(12)7(9)2-3-10(13)14/h4-5,12H,2-3H2,1H3,(H,13,14). The van der Waals surface area contributed by atoms with Crippen molar-refractivity contribution in [1.29, 1.82) is 0 Å². The summed E-state index contributed by atoms with van der Waals surface area (Å²) in [4.78, 5) is 10.4. The third-order valence-electron chi connectivity index (χ3n) is 1.96. The Morgan fingerprint density at radius 1 is 1.53 bits per heavy atom. The van der Waals surface area contributed by atoms with Crippen LogP contribution in [-0.2, 0) is 11.2 Å². The Balaban J connectivity index is 2.98. The fraction of sp³-hybridized carbons (Fsp3) is 0.300. The van der Waals surface area contributed by atoms with E-state index in [9.17, 15) is 14.3 Å². The van der Waals surface area contributed by atoms with Gasteiger partial charge < -0.3 is 14.9 Å². The van der Waals surface area contributed by atoms with Crippen molar-refractivity contribution in [3.05, 3.63) is 23.5 Å². The number of aromatic hydroxyl groups is 1. The van der Waals surface area contributed by atoms with Crippen LogP contribution in [0.1, 0.15) is 12.0 Å². The summed E-state index contributed by atoms with van der Waals surface area (Å²) in [5, 5.41) is 17.9. The van der Waals surface area contributed by atoms with Crippen molar-refractivity contribution < 1.29 is 24.1 Å². The molecule has 15 heavy (non-hydrogen) atoms. The van der Waals surface area contributed by atoms with Crippen molar-refractivity contribution in [3.8, 4) is 11.5 Å². The second-order valence-corrected chi connectivity index (χ2v) is 3.00. The van der Waals surface area contributed by atoms with Crippen LogP contribution in [0.3, 0.4) is 0 Å². The summed E-state index contributed by atoms with van der Waals surface area (Å²) in [7, 11) is 1.33. The largest absolute Gasteiger partial charge is 0.507 e. The number of hydrogen-bond acceptors (Lipinski definition) is 3. The lowest BCUT2D eigenvalue weighted by Crippen LogP contribution is -2.00. The molecule has 0 unspecified atom stereocenters. The van der Waals surface area contributed by atoms with E-state index in [1.807, 2.05) is 0 Å². The van der Waals surface area contributed by atoms with Crippen LogP contribution in [0.15, 0.2) is 12.1 Å². The molecule has 1 aromatic carbocycles. The Kier molecular flexibility index (Phi) is 3.49. The number of benzene rings is 1. The Hall–Kier alpha value is -1.78. The number of hydrogen-bond donors (Lipinski definition) is 2. The van der Waals surface area contributed by atoms with Gasteiger partial charge in [0, 0.05) is 24.1 Å². The van der Waals surface area contributed by atoms with Crippen molar-refractivity contribution in [3.63, 3.8) is 0 Å². The molecule has 0 spiro atoms. The normalized spacial score (nSPS) is 10.0. The lowest BCUT2D eigenvalue weighted by Gasteiger charge is -2.09. The van der Waals surface area contributed by atoms with Gasteiger partial charge >= 0.3 is 5.97 Å². The van der Waals surface area contributed by atoms with Gasteiger partial charge in [-0.05, 0) is 6.42 Å². The number of carboxylic acid groups (broad SMARTS) is 1. The van der Waals surface area contributed by atoms with Crippen molar-refractivity contribution >= 4 is 5.97 Å². The molecule has 0 radical (unpaired) electrons. The summed E-state index contributed by atoms with van der Waals surface area (Å²) in [6.45, 7) is 0. The fourth-order valence-electron chi connectivity index (χ4n) is 1.26. The molecule has 1 rings (SSSR count). The highest BCUT2D eigenvalue weighted by Crippen LogP contribution is 2.30. The van der Waals surface area contributed by atoms with Gasteiger partial charge in [0.2, 0.25) is 0 Å². The first-order valence-corrected chi connectivity index (χ1v) is 4.31. The highest BCUT2D eigenvalue weighted by molar-refractivity contribution is 5.67. The fourth-order valence-corrected chi connectivity index (χ4v) is 1.26. The highest BCUT2D eigenvalue weighted by atomic mass is 19.1. The topological polar surface area (TPSA) is 66.8 Å². The summed E-state index contributed by atoms with van der Waals surface area (Å²) in [6.07, 6.45) is -0.0415. The van der Waals surface area contributed by atoms with E-state index in [-0.39, 0.29) is 24.3 Å². The molecule has 0 aliphatic heterocycles. The lowest BCUT2D eigenvalue weighted by atomic mass is 10.1. The minimum Gasteiger partial charge on any atom is -0.507 e. The zero-order valence-electron chi connectivity index (χ0n) is 8.16. The van der Waals surface area contributed by atoms with Gasteiger partial charge in [0.25, 0.3) is 0 Å². The van der Waals surface area contributed by atoms with Crippen molar-refractivity contribution in [1.82, 2.24) is 0 Å². The molecule has 5 heteroatoms. The Morgan fingerprint density at radius 3 is 2.73 bits per heavy atom. The second-order valence-electron chi connectivity index (χ2n) is 3.00. The van der Waals surface area contributed by atoms with Crippen molar-refractivity contribution in [2.75, 3.05) is 7.11 Å². The van der Waals surface area contributed by atoms with Crippen LogP contribution in [-0.4, -0.2) is 23.3 Å². The molecule has 2 N–H and O–H groups in total. The minimum absolute atomic E-state index is 0.102. The van der Waals surface area contributed by atoms with E-state index in [2.05, 4.69) is 0 Å². The van der Waals surface area contributed by atoms with Crippen LogP contribution in [0.4, 0.5) is 4.39 Å². The second kappa shape index (κ2) is 4.63. The molecule has 0 saturated carbocycles. The van der Waals surface area contributed by atoms with E-state index >= 15 is 0 Å². The molecule has 1 aromatic rings. The van der Waals surface area contributed by atoms with Crippen LogP contribution in [0.25, 0.3) is 0 Å². The van der Waals surface area contributed by atoms with Crippen LogP contribution in [0.5, 0.6) is 11.5 Å². The number of carbonyl (C=O) groups is 1. The number of ether oxygens (including phenoxy) is 1. The summed E-state index contributed by atoms with van der Waals surface area (Å²) < 4.78 is 17.7. The van der Waals surface area contributed by atoms with Gasteiger partial charge in [-0.25, -0.2) is 4.39 Å². The number of halogens is 1. The molecule has 0 amide bonds. The molecule has 82 valence electrons. The van der Waals surface area contributed by atoms with Gasteiger partial charge in [0.05, 0.1) is 7.11 Å². The SMILES string of the molecule is COc1cc(F)cc(O)c1CCC(=O)O. The summed E-state index contributed by atoms with van der Waals surface area (Å²) in [5.41, 5.74) is 0.307. The predicted octanol–water partition coefficient (Wildman–Crippen LogP) is 1.56. The smallest absolute Gasteiger partial charge is 0.303 e. The van der Waals surface area contributed by atoms with Crippen molar-refractivity contribution in [2.24, 2.45) is 0 Å². The van der Waals surface area contributed by atoms with E-state index < -0.39 is 11.8 Å². The van der Waals surface area contributed by atoms with Crippen LogP contribution >= 0.6 is 0 Å². The molecular weight excluding hydrogens is 203 g/mol. The van der Waals surface area contributed by atoms with Gasteiger partial charge in [-0.1, -0.05) is 0 Å². The predicted molar refractivity (Wildman–Crippen MR) is 50.6 cm³/mol. The zero-order chi connectivity index (χ0) is 11.4. The molecule has 0 bridgehead atoms. The molecule has 0 saturated heterocycles. The lowest BCUT2D eigenvalue weighted by molar-refractivity contribution is -0.136. The van der Waals surface area contributed by atoms with Gasteiger partial charge in [-0.3, -0.25) is 4.79 Å². The minimum atomic E-state index is -0.985. The molecule has 0 fully saturated rings. The molecule has 0 heterocycles. The van der Waals surface area contributed by atoms with Gasteiger partial charge in [0.1, 0.15) is 17.3 Å². The van der Waals surface area contributed by atoms with Gasteiger partial charge in [-0.2, -0.15) is 0 Å². The number of phenolic OH excluding ortho intramolecular Hbond substituents is 1. The molecule has 4 nitrogen and oxygen atoms in total. The Labute approximate surface area is 85.9 Å². The van der Waals surface area contributed by atoms with E-state index in [0.717, 1.165) is 12.1 Å². The third kappa shape index (κ3) is 2.83. The quantitative estimate of drug-likeness (QED) is 0.798. The number of phenols is 1. The Bertz CT molecular complexity index is 376. The van der Waals surface area contributed by atoms with Crippen LogP contribution in [0.2, 0.25) is 0 Å². The maximum atomic E-state index is 12.8. The maximum Gasteiger partial charge on any atom is 0.303 e. The monoisotopic (exact) mass is 214 g/mol. The van der Waals surface area contributed by atoms with E-state index in [0.29, 0.717) is 5.56 Å². The van der Waals surface area contributed by atoms with Crippen LogP contribution < -0.4 is 4.74 Å². The molecular formula is C10H11FO4. The molecule has 0 atom stereocenters. The summed E-state index contributed by atoms with van der Waals surface area (Å²) in [6, 6.07) is 2.04. The summed E-state index contributed by atoms with van der Waals surface area (Å²) >= 11 is 0. The first-order chi connectivity index (χ1) is 7.04. The molecule has 0 aliphatic rings. The van der Waals surface area contributed by atoms with E-state index in [1.54, 1.807) is 0 Å². The first-order valence-electron chi connectivity index (χ1n) is 4.31. The molecule has 0 aromatic heterocycles. The van der Waals surface area contributed by atoms with Crippen LogP contribution in [0, 0.1) is 5.82 Å². The zero-order valence-corrected chi connectivity index (χ0v) is 8.16. The maximum absolute atomic E-state index is 12.8. The highest BCUT2D eigenvalue weighted by Gasteiger charge is 2.12. The molecule has 0 aliphatic carbocycles. The van der Waals surface area contributed by atoms with Gasteiger partial charge in [-0.15, -0.1) is 0 Å². The van der Waals surface area contributed by atoms with E-state index in [1.165, 1.54) is 7.11 Å². The van der Waals surface area contributed by atoms with Gasteiger partial charge in [0.15, 0.2) is 0 Å². The number of rotatable bonds is 4. The summed E-state index contributed by atoms with van der Waals surface area (Å²) in [5.74, 6) is -1.73. The number of carboxylic acids is 1. The number of methoxy groups -OCH3 is 1. The third-order valence-corrected chi connectivity index (χ3v) is 1.96. The average molecular weight is 214 g/mol. The number of aliphatic carboxylic acids is 1. The Morgan fingerprint density at radius 2 is 2.20 bits per heavy atom. The first kappa shape index (κ1) is 11.3. The van der Waals surface area contributed by atoms with E-state index in [4.69, 9.17) is 9.84 Å². The average Bonchev–Trinajstić information content (AvgIpc) is 2.14. The van der Waals surface area contributed by atoms with Crippen molar-refractivity contribution in [2.45, 2.75) is 12.8 Å².